The lowest BCUT2D eigenvalue weighted by Crippen LogP contribution is -1.91. The molecule has 0 aliphatic carbocycles. The molecule has 3 aromatic rings. The number of H-pyrrole nitrogens is 1. The van der Waals surface area contributed by atoms with Crippen LogP contribution in [0.25, 0.3) is 11.0 Å². The molecule has 5 nitrogen and oxygen atoms in total. The Hall–Kier alpha value is -1.70. The Kier molecular flexibility index (Phi) is 2.86. The number of fused-ring (bicyclic) bond motifs is 1. The van der Waals surface area contributed by atoms with Crippen LogP contribution in [-0.4, -0.2) is 19.9 Å². The third kappa shape index (κ3) is 2.15. The van der Waals surface area contributed by atoms with Crippen LogP contribution >= 0.6 is 22.6 Å². The molecule has 0 spiro atoms. The first-order valence-electron chi connectivity index (χ1n) is 5.31. The summed E-state index contributed by atoms with van der Waals surface area (Å²) in [5, 5.41) is 0. The van der Waals surface area contributed by atoms with Crippen LogP contribution in [0.4, 0.5) is 0 Å². The van der Waals surface area contributed by atoms with Crippen molar-refractivity contribution in [1.82, 2.24) is 19.9 Å². The average molecular weight is 352 g/mol. The second-order valence-corrected chi connectivity index (χ2v) is 4.93. The van der Waals surface area contributed by atoms with Gasteiger partial charge in [-0.25, -0.2) is 15.0 Å². The van der Waals surface area contributed by atoms with Crippen LogP contribution in [-0.2, 0) is 0 Å². The zero-order valence-corrected chi connectivity index (χ0v) is 11.7. The van der Waals surface area contributed by atoms with Crippen LogP contribution in [0.15, 0.2) is 30.9 Å². The van der Waals surface area contributed by atoms with Gasteiger partial charge in [0.05, 0.1) is 17.4 Å². The largest absolute Gasteiger partial charge is 0.439 e. The number of halogens is 1. The molecule has 0 fully saturated rings. The van der Waals surface area contributed by atoms with Crippen LogP contribution in [0.3, 0.4) is 0 Å². The van der Waals surface area contributed by atoms with Gasteiger partial charge in [-0.15, -0.1) is 0 Å². The van der Waals surface area contributed by atoms with Gasteiger partial charge in [0.25, 0.3) is 0 Å². The van der Waals surface area contributed by atoms with Crippen molar-refractivity contribution in [3.63, 3.8) is 0 Å². The molecule has 90 valence electrons. The van der Waals surface area contributed by atoms with Gasteiger partial charge in [0.15, 0.2) is 0 Å². The van der Waals surface area contributed by atoms with E-state index < -0.39 is 0 Å². The lowest BCUT2D eigenvalue weighted by Gasteiger charge is -2.05. The smallest absolute Gasteiger partial charge is 0.223 e. The monoisotopic (exact) mass is 352 g/mol. The highest BCUT2D eigenvalue weighted by Gasteiger charge is 2.06. The van der Waals surface area contributed by atoms with E-state index >= 15 is 0 Å². The van der Waals surface area contributed by atoms with Crippen LogP contribution in [0.1, 0.15) is 5.56 Å². The summed E-state index contributed by atoms with van der Waals surface area (Å²) < 4.78 is 6.56. The number of rotatable bonds is 2. The molecule has 0 saturated carbocycles. The van der Waals surface area contributed by atoms with Gasteiger partial charge in [0.2, 0.25) is 5.88 Å². The lowest BCUT2D eigenvalue weighted by atomic mass is 10.2. The van der Waals surface area contributed by atoms with E-state index in [0.29, 0.717) is 5.88 Å². The highest BCUT2D eigenvalue weighted by molar-refractivity contribution is 14.1. The molecule has 0 atom stereocenters. The van der Waals surface area contributed by atoms with Crippen LogP contribution in [0, 0.1) is 10.6 Å². The quantitative estimate of drug-likeness (QED) is 0.569. The second-order valence-electron chi connectivity index (χ2n) is 3.82. The molecular formula is C12H9IN4O. The maximum atomic E-state index is 5.71. The molecule has 0 radical (unpaired) electrons. The van der Waals surface area contributed by atoms with Crippen molar-refractivity contribution in [2.75, 3.05) is 0 Å². The summed E-state index contributed by atoms with van der Waals surface area (Å²) in [5.41, 5.74) is 2.97. The number of imidazole rings is 1. The number of hydrogen-bond acceptors (Lipinski definition) is 4. The minimum Gasteiger partial charge on any atom is -0.439 e. The number of ether oxygens (including phenoxy) is 1. The molecule has 3 rings (SSSR count). The van der Waals surface area contributed by atoms with Crippen molar-refractivity contribution in [1.29, 1.82) is 0 Å². The number of nitrogens with one attached hydrogen (secondary N) is 1. The van der Waals surface area contributed by atoms with E-state index in [9.17, 15) is 0 Å². The average Bonchev–Trinajstić information content (AvgIpc) is 2.77. The SMILES string of the molecule is Cc1cc(Oc2cc(I)ncn2)cc2[nH]cnc12. The fourth-order valence-corrected chi connectivity index (χ4v) is 2.14. The summed E-state index contributed by atoms with van der Waals surface area (Å²) in [6.45, 7) is 2.00. The van der Waals surface area contributed by atoms with Crippen molar-refractivity contribution in [2.24, 2.45) is 0 Å². The molecular weight excluding hydrogens is 343 g/mol. The molecule has 2 heterocycles. The minimum absolute atomic E-state index is 0.535. The molecule has 18 heavy (non-hydrogen) atoms. The molecule has 0 bridgehead atoms. The molecule has 0 unspecified atom stereocenters. The molecule has 1 N–H and O–H groups in total. The summed E-state index contributed by atoms with van der Waals surface area (Å²) in [7, 11) is 0. The van der Waals surface area contributed by atoms with Gasteiger partial charge >= 0.3 is 0 Å². The Morgan fingerprint density at radius 3 is 2.89 bits per heavy atom. The minimum atomic E-state index is 0.535. The topological polar surface area (TPSA) is 63.7 Å². The Labute approximate surface area is 117 Å². The second kappa shape index (κ2) is 4.52. The summed E-state index contributed by atoms with van der Waals surface area (Å²) in [6, 6.07) is 5.63. The molecule has 2 aromatic heterocycles. The van der Waals surface area contributed by atoms with Crippen molar-refractivity contribution < 1.29 is 4.74 Å². The van der Waals surface area contributed by atoms with E-state index in [1.807, 2.05) is 19.1 Å². The van der Waals surface area contributed by atoms with E-state index in [-0.39, 0.29) is 0 Å². The highest BCUT2D eigenvalue weighted by atomic mass is 127. The van der Waals surface area contributed by atoms with E-state index in [4.69, 9.17) is 4.74 Å². The number of aromatic amines is 1. The van der Waals surface area contributed by atoms with Crippen molar-refractivity contribution in [3.8, 4) is 11.6 Å². The van der Waals surface area contributed by atoms with Gasteiger partial charge in [0.1, 0.15) is 15.8 Å². The third-order valence-corrected chi connectivity index (χ3v) is 3.11. The van der Waals surface area contributed by atoms with Gasteiger partial charge in [-0.1, -0.05) is 0 Å². The molecule has 0 aliphatic rings. The first-order valence-corrected chi connectivity index (χ1v) is 6.39. The first-order chi connectivity index (χ1) is 8.72. The number of nitrogens with zero attached hydrogens (tertiary/aromatic N) is 3. The zero-order valence-electron chi connectivity index (χ0n) is 9.51. The van der Waals surface area contributed by atoms with E-state index in [2.05, 4.69) is 42.5 Å². The maximum absolute atomic E-state index is 5.71. The van der Waals surface area contributed by atoms with Gasteiger partial charge in [-0.2, -0.15) is 0 Å². The number of aryl methyl sites for hydroxylation is 1. The zero-order chi connectivity index (χ0) is 12.5. The van der Waals surface area contributed by atoms with E-state index in [1.165, 1.54) is 6.33 Å². The van der Waals surface area contributed by atoms with Crippen LogP contribution < -0.4 is 4.74 Å². The van der Waals surface area contributed by atoms with Gasteiger partial charge < -0.3 is 9.72 Å². The van der Waals surface area contributed by atoms with Crippen LogP contribution in [0.2, 0.25) is 0 Å². The van der Waals surface area contributed by atoms with E-state index in [1.54, 1.807) is 12.4 Å². The Morgan fingerprint density at radius 2 is 2.06 bits per heavy atom. The predicted octanol–water partition coefficient (Wildman–Crippen LogP) is 3.06. The number of benzene rings is 1. The molecule has 1 aromatic carbocycles. The normalized spacial score (nSPS) is 10.8. The van der Waals surface area contributed by atoms with Gasteiger partial charge in [0, 0.05) is 12.1 Å². The van der Waals surface area contributed by atoms with Gasteiger partial charge in [-0.3, -0.25) is 0 Å². The molecule has 0 saturated heterocycles. The number of hydrogen-bond donors (Lipinski definition) is 1. The molecule has 0 aliphatic heterocycles. The third-order valence-electron chi connectivity index (χ3n) is 2.52. The van der Waals surface area contributed by atoms with E-state index in [0.717, 1.165) is 26.0 Å². The molecule has 0 amide bonds. The highest BCUT2D eigenvalue weighted by Crippen LogP contribution is 2.26. The fraction of sp³-hybridized carbons (Fsp3) is 0.0833. The standard InChI is InChI=1S/C12H9IN4O/c1-7-2-8(3-9-12(7)17-5-14-9)18-11-4-10(13)15-6-16-11/h2-6H,1H3,(H,14,17). The van der Waals surface area contributed by atoms with Gasteiger partial charge in [-0.05, 0) is 41.1 Å². The molecule has 6 heteroatoms. The predicted molar refractivity (Wildman–Crippen MR) is 75.7 cm³/mol. The summed E-state index contributed by atoms with van der Waals surface area (Å²) in [4.78, 5) is 15.4. The van der Waals surface area contributed by atoms with Crippen molar-refractivity contribution >= 4 is 33.6 Å². The Balaban J connectivity index is 1.99. The Bertz CT molecular complexity index is 710. The van der Waals surface area contributed by atoms with Crippen LogP contribution in [0.5, 0.6) is 11.6 Å². The fourth-order valence-electron chi connectivity index (χ4n) is 1.75. The lowest BCUT2D eigenvalue weighted by molar-refractivity contribution is 0.461. The maximum Gasteiger partial charge on any atom is 0.223 e. The van der Waals surface area contributed by atoms with Crippen molar-refractivity contribution in [3.05, 3.63) is 40.1 Å². The Morgan fingerprint density at radius 1 is 1.17 bits per heavy atom. The first kappa shape index (κ1) is 11.4. The number of aromatic nitrogens is 4. The summed E-state index contributed by atoms with van der Waals surface area (Å²) >= 11 is 2.12. The summed E-state index contributed by atoms with van der Waals surface area (Å²) in [5.74, 6) is 1.27. The summed E-state index contributed by atoms with van der Waals surface area (Å²) in [6.07, 6.45) is 3.16. The van der Waals surface area contributed by atoms with Crippen molar-refractivity contribution in [2.45, 2.75) is 6.92 Å².